The first-order chi connectivity index (χ1) is 11.4. The molecule has 132 valence electrons. The molecular formula is C18H27N3O3. The summed E-state index contributed by atoms with van der Waals surface area (Å²) < 4.78 is 11.0. The normalized spacial score (nSPS) is 28.7. The average molecular weight is 333 g/mol. The van der Waals surface area contributed by atoms with Gasteiger partial charge in [-0.2, -0.15) is 4.98 Å². The summed E-state index contributed by atoms with van der Waals surface area (Å²) in [5, 5.41) is 6.89. The first-order valence-electron chi connectivity index (χ1n) is 8.46. The molecule has 6 nitrogen and oxygen atoms in total. The Balaban J connectivity index is 1.87. The monoisotopic (exact) mass is 333 g/mol. The highest BCUT2D eigenvalue weighted by atomic mass is 16.5. The molecule has 0 radical (unpaired) electrons. The summed E-state index contributed by atoms with van der Waals surface area (Å²) in [6.45, 7) is 11.6. The Labute approximate surface area is 143 Å². The number of carbonyl (C=O) groups is 1. The Morgan fingerprint density at radius 2 is 2.25 bits per heavy atom. The van der Waals surface area contributed by atoms with Crippen LogP contribution in [0.5, 0.6) is 0 Å². The van der Waals surface area contributed by atoms with Crippen molar-refractivity contribution in [1.29, 1.82) is 0 Å². The molecule has 0 aromatic carbocycles. The molecule has 1 fully saturated rings. The molecule has 5 atom stereocenters. The van der Waals surface area contributed by atoms with Gasteiger partial charge in [-0.3, -0.25) is 4.79 Å². The summed E-state index contributed by atoms with van der Waals surface area (Å²) in [4.78, 5) is 16.3. The van der Waals surface area contributed by atoms with E-state index in [2.05, 4.69) is 29.0 Å². The Hall–Kier alpha value is -1.95. The van der Waals surface area contributed by atoms with E-state index < -0.39 is 0 Å². The maximum absolute atomic E-state index is 12.2. The third-order valence-corrected chi connectivity index (χ3v) is 4.43. The van der Waals surface area contributed by atoms with E-state index in [1.807, 2.05) is 19.9 Å². The van der Waals surface area contributed by atoms with Crippen molar-refractivity contribution in [2.24, 2.45) is 5.92 Å². The van der Waals surface area contributed by atoms with E-state index in [1.54, 1.807) is 13.0 Å². The number of aryl methyl sites for hydroxylation is 1. The lowest BCUT2D eigenvalue weighted by molar-refractivity contribution is -0.123. The first kappa shape index (κ1) is 18.4. The lowest BCUT2D eigenvalue weighted by Gasteiger charge is -2.39. The van der Waals surface area contributed by atoms with Crippen molar-refractivity contribution in [1.82, 2.24) is 15.5 Å². The summed E-state index contributed by atoms with van der Waals surface area (Å²) in [7, 11) is 0. The van der Waals surface area contributed by atoms with E-state index in [0.29, 0.717) is 17.6 Å². The van der Waals surface area contributed by atoms with Crippen LogP contribution in [0.25, 0.3) is 0 Å². The molecule has 1 aliphatic rings. The second-order valence-electron chi connectivity index (χ2n) is 6.55. The van der Waals surface area contributed by atoms with Gasteiger partial charge in [0.2, 0.25) is 11.8 Å². The average Bonchev–Trinajstić information content (AvgIpc) is 2.96. The minimum absolute atomic E-state index is 0.0132. The fourth-order valence-electron chi connectivity index (χ4n) is 2.93. The maximum Gasteiger partial charge on any atom is 0.243 e. The smallest absolute Gasteiger partial charge is 0.243 e. The second-order valence-corrected chi connectivity index (χ2v) is 6.55. The van der Waals surface area contributed by atoms with Crippen molar-refractivity contribution >= 4 is 5.91 Å². The van der Waals surface area contributed by atoms with E-state index in [4.69, 9.17) is 9.26 Å². The van der Waals surface area contributed by atoms with E-state index in [0.717, 1.165) is 12.8 Å². The van der Waals surface area contributed by atoms with Gasteiger partial charge < -0.3 is 14.6 Å². The molecule has 0 bridgehead atoms. The van der Waals surface area contributed by atoms with Crippen LogP contribution in [0.4, 0.5) is 0 Å². The fraction of sp³-hybridized carbons (Fsp3) is 0.611. The van der Waals surface area contributed by atoms with Crippen LogP contribution in [0.2, 0.25) is 0 Å². The van der Waals surface area contributed by atoms with E-state index in [1.165, 1.54) is 6.08 Å². The van der Waals surface area contributed by atoms with Crippen LogP contribution in [0, 0.1) is 12.8 Å². The quantitative estimate of drug-likeness (QED) is 0.640. The van der Waals surface area contributed by atoms with Crippen LogP contribution < -0.4 is 5.32 Å². The Bertz CT molecular complexity index is 596. The van der Waals surface area contributed by atoms with Gasteiger partial charge in [0, 0.05) is 12.8 Å². The van der Waals surface area contributed by atoms with E-state index in [9.17, 15) is 4.79 Å². The van der Waals surface area contributed by atoms with Crippen molar-refractivity contribution < 1.29 is 14.1 Å². The van der Waals surface area contributed by atoms with Gasteiger partial charge in [-0.25, -0.2) is 0 Å². The number of hydrogen-bond donors (Lipinski definition) is 1. The lowest BCUT2D eigenvalue weighted by atomic mass is 9.88. The highest BCUT2D eigenvalue weighted by molar-refractivity contribution is 5.87. The highest BCUT2D eigenvalue weighted by Gasteiger charge is 2.33. The minimum Gasteiger partial charge on any atom is -0.373 e. The summed E-state index contributed by atoms with van der Waals surface area (Å²) in [5.41, 5.74) is 0. The molecule has 2 rings (SSSR count). The molecule has 0 aliphatic carbocycles. The van der Waals surface area contributed by atoms with Gasteiger partial charge in [-0.05, 0) is 31.8 Å². The van der Waals surface area contributed by atoms with Crippen LogP contribution in [0.15, 0.2) is 29.3 Å². The molecule has 2 heterocycles. The third-order valence-electron chi connectivity index (χ3n) is 4.43. The molecule has 1 aromatic rings. The highest BCUT2D eigenvalue weighted by Crippen LogP contribution is 2.27. The van der Waals surface area contributed by atoms with Crippen molar-refractivity contribution in [3.05, 3.63) is 36.5 Å². The Kier molecular flexibility index (Phi) is 6.31. The zero-order valence-electron chi connectivity index (χ0n) is 14.9. The van der Waals surface area contributed by atoms with Crippen LogP contribution in [0.1, 0.15) is 51.2 Å². The van der Waals surface area contributed by atoms with E-state index >= 15 is 0 Å². The van der Waals surface area contributed by atoms with Crippen LogP contribution >= 0.6 is 0 Å². The number of carbonyl (C=O) groups excluding carboxylic acids is 1. The first-order valence-corrected chi connectivity index (χ1v) is 8.46. The Morgan fingerprint density at radius 3 is 2.88 bits per heavy atom. The number of rotatable bonds is 6. The van der Waals surface area contributed by atoms with Crippen LogP contribution in [-0.2, 0) is 9.53 Å². The predicted molar refractivity (Wildman–Crippen MR) is 91.5 cm³/mol. The molecule has 0 saturated carbocycles. The van der Waals surface area contributed by atoms with Crippen molar-refractivity contribution in [2.75, 3.05) is 0 Å². The van der Waals surface area contributed by atoms with Gasteiger partial charge in [-0.15, -0.1) is 6.58 Å². The van der Waals surface area contributed by atoms with Gasteiger partial charge >= 0.3 is 0 Å². The van der Waals surface area contributed by atoms with Crippen molar-refractivity contribution in [3.63, 3.8) is 0 Å². The number of hydrogen-bond acceptors (Lipinski definition) is 5. The van der Waals surface area contributed by atoms with Gasteiger partial charge in [0.1, 0.15) is 0 Å². The fourth-order valence-corrected chi connectivity index (χ4v) is 2.93. The zero-order chi connectivity index (χ0) is 17.7. The van der Waals surface area contributed by atoms with Crippen molar-refractivity contribution in [2.45, 2.75) is 64.7 Å². The number of allylic oxidation sites excluding steroid dienone is 1. The summed E-state index contributed by atoms with van der Waals surface area (Å²) in [6.07, 6.45) is 7.11. The molecule has 0 spiro atoms. The standard InChI is InChI=1S/C18H27N3O3/c1-6-7-16-12(3)10-15(13(4)23-16)20-17(22)9-8-11(2)18-19-14(5)24-21-18/h6,8-9,11-13,15-16H,1,7,10H2,2-5H3,(H,20,22)/b9-8-/t11-,12-,13+,15+,16-/m0/s1. The molecule has 1 amide bonds. The van der Waals surface area contributed by atoms with Gasteiger partial charge in [0.15, 0.2) is 5.82 Å². The predicted octanol–water partition coefficient (Wildman–Crippen LogP) is 2.91. The molecule has 1 saturated heterocycles. The van der Waals surface area contributed by atoms with Gasteiger partial charge in [-0.1, -0.05) is 31.2 Å². The largest absolute Gasteiger partial charge is 0.373 e. The molecule has 0 unspecified atom stereocenters. The number of amides is 1. The molecule has 1 aromatic heterocycles. The number of aromatic nitrogens is 2. The number of nitrogens with zero attached hydrogens (tertiary/aromatic N) is 2. The van der Waals surface area contributed by atoms with E-state index in [-0.39, 0.29) is 30.1 Å². The molecular weight excluding hydrogens is 306 g/mol. The number of ether oxygens (including phenoxy) is 1. The maximum atomic E-state index is 12.2. The number of nitrogens with one attached hydrogen (secondary N) is 1. The van der Waals surface area contributed by atoms with Gasteiger partial charge in [0.25, 0.3) is 0 Å². The minimum atomic E-state index is -0.128. The molecule has 1 aliphatic heterocycles. The van der Waals surface area contributed by atoms with Crippen molar-refractivity contribution in [3.8, 4) is 0 Å². The Morgan fingerprint density at radius 1 is 1.50 bits per heavy atom. The zero-order valence-corrected chi connectivity index (χ0v) is 14.9. The molecule has 1 N–H and O–H groups in total. The summed E-state index contributed by atoms with van der Waals surface area (Å²) >= 11 is 0. The summed E-state index contributed by atoms with van der Waals surface area (Å²) in [5.74, 6) is 1.27. The van der Waals surface area contributed by atoms with Crippen LogP contribution in [0.3, 0.4) is 0 Å². The second kappa shape index (κ2) is 8.24. The topological polar surface area (TPSA) is 77.2 Å². The third kappa shape index (κ3) is 4.77. The van der Waals surface area contributed by atoms with Gasteiger partial charge in [0.05, 0.1) is 18.2 Å². The SMILES string of the molecule is C=CC[C@@H]1O[C@H](C)[C@H](NC(=O)/C=C\[C@H](C)c2noc(C)n2)C[C@@H]1C. The van der Waals surface area contributed by atoms with Crippen LogP contribution in [-0.4, -0.2) is 34.3 Å². The lowest BCUT2D eigenvalue weighted by Crippen LogP contribution is -2.50. The summed E-state index contributed by atoms with van der Waals surface area (Å²) in [6, 6.07) is 0.0148. The molecule has 6 heteroatoms. The molecule has 24 heavy (non-hydrogen) atoms.